The fourth-order valence-electron chi connectivity index (χ4n) is 7.87. The molecule has 11 rings (SSSR count). The van der Waals surface area contributed by atoms with E-state index in [4.69, 9.17) is 13.8 Å². The van der Waals surface area contributed by atoms with Gasteiger partial charge in [0.15, 0.2) is 5.65 Å². The van der Waals surface area contributed by atoms with Crippen LogP contribution < -0.4 is 14.5 Å². The molecule has 0 unspecified atom stereocenters. The number of nitrogens with zero attached hydrogens (tertiary/aromatic N) is 6. The molecule has 52 heavy (non-hydrogen) atoms. The van der Waals surface area contributed by atoms with Gasteiger partial charge < -0.3 is 23.3 Å². The summed E-state index contributed by atoms with van der Waals surface area (Å²) in [7, 11) is 0. The van der Waals surface area contributed by atoms with Gasteiger partial charge in [0.1, 0.15) is 0 Å². The van der Waals surface area contributed by atoms with Crippen LogP contribution in [-0.4, -0.2) is 20.8 Å². The third kappa shape index (κ3) is 4.19. The zero-order valence-electron chi connectivity index (χ0n) is 30.1. The van der Waals surface area contributed by atoms with Crippen LogP contribution in [0, 0.1) is 30.1 Å². The smallest absolute Gasteiger partial charge is 0.160 e. The number of aromatic nitrogens is 3. The second-order valence-corrected chi connectivity index (χ2v) is 12.7. The van der Waals surface area contributed by atoms with Gasteiger partial charge in [-0.2, -0.15) is 24.1 Å². The first kappa shape index (κ1) is 27.4. The number of fused-ring (bicyclic) bond motifs is 11. The number of pyridine rings is 1. The Bertz CT molecular complexity index is 3270. The van der Waals surface area contributed by atoms with E-state index < -0.39 is 6.98 Å². The predicted molar refractivity (Wildman–Crippen MR) is 204 cm³/mol. The molecule has 10 aromatic rings. The first-order chi connectivity index (χ1) is 26.4. The van der Waals surface area contributed by atoms with Crippen molar-refractivity contribution >= 4 is 82.6 Å². The number of hydrogen-bond acceptors (Lipinski definition) is 5. The minimum absolute atomic E-state index is 0. The van der Waals surface area contributed by atoms with Gasteiger partial charge in [-0.05, 0) is 54.8 Å². The Morgan fingerprint density at radius 1 is 0.692 bits per heavy atom. The molecule has 7 nitrogen and oxygen atoms in total. The van der Waals surface area contributed by atoms with E-state index in [1.54, 1.807) is 23.8 Å². The largest absolute Gasteiger partial charge is 0.509 e. The number of hydrogen-bond donors (Lipinski definition) is 0. The summed E-state index contributed by atoms with van der Waals surface area (Å²) < 4.78 is 35.2. The van der Waals surface area contributed by atoms with Crippen LogP contribution in [-0.2, 0) is 21.1 Å². The molecule has 0 saturated carbocycles. The minimum Gasteiger partial charge on any atom is -0.509 e. The van der Waals surface area contributed by atoms with Gasteiger partial charge in [-0.1, -0.05) is 54.0 Å². The first-order valence-corrected chi connectivity index (χ1v) is 16.5. The number of anilines is 3. The zero-order chi connectivity index (χ0) is 36.3. The molecule has 0 bridgehead atoms. The standard InChI is InChI=1S/C44H25N6O.Pt/c1-47-26-48(39-16-5-4-15-38(39)47)28-9-6-10-29(23-28)51-30-18-19-32-35-21-27(25-45)22-36-34-13-7-12-33-31-11-2-3-14-37(31)49(42(33)34)40-17-8-20-46-44(40)50(43(35)36)41(32)24-30;/h2-22,26H,1H3;/q-3;/i1D3;. The second-order valence-electron chi connectivity index (χ2n) is 12.7. The molecular weight excluding hydrogens is 824 g/mol. The van der Waals surface area contributed by atoms with Crippen LogP contribution >= 0.6 is 0 Å². The summed E-state index contributed by atoms with van der Waals surface area (Å²) >= 11 is 0. The summed E-state index contributed by atoms with van der Waals surface area (Å²) in [5, 5.41) is 16.3. The summed E-state index contributed by atoms with van der Waals surface area (Å²) in [4.78, 5) is 8.11. The van der Waals surface area contributed by atoms with Gasteiger partial charge in [-0.3, -0.25) is 0 Å². The SMILES string of the molecule is [2H]C([2H])([2H])N1[CH-]N(c2[c-]c(Oc3[c-]c4c(cc3)c3cc(C#N)cc5c6cccc7c8ccccc8n(c8cccnc8n4c35)c76)ccc2)c2ccccc21.[Pt]. The second kappa shape index (κ2) is 11.3. The monoisotopic (exact) mass is 851 g/mol. The van der Waals surface area contributed by atoms with E-state index in [-0.39, 0.29) is 21.1 Å². The summed E-state index contributed by atoms with van der Waals surface area (Å²) in [5.74, 6) is 0.895. The van der Waals surface area contributed by atoms with Crippen LogP contribution in [0.3, 0.4) is 0 Å². The quantitative estimate of drug-likeness (QED) is 0.166. The third-order valence-corrected chi connectivity index (χ3v) is 9.94. The number of nitriles is 1. The Morgan fingerprint density at radius 2 is 1.40 bits per heavy atom. The number of para-hydroxylation sites is 4. The molecule has 0 spiro atoms. The van der Waals surface area contributed by atoms with Gasteiger partial charge in [0.2, 0.25) is 0 Å². The fourth-order valence-corrected chi connectivity index (χ4v) is 7.87. The van der Waals surface area contributed by atoms with Crippen molar-refractivity contribution in [1.82, 2.24) is 13.8 Å². The molecule has 0 radical (unpaired) electrons. The Morgan fingerprint density at radius 3 is 2.27 bits per heavy atom. The van der Waals surface area contributed by atoms with Gasteiger partial charge in [0, 0.05) is 81.3 Å². The van der Waals surface area contributed by atoms with Crippen molar-refractivity contribution in [2.75, 3.05) is 16.8 Å². The molecule has 0 N–H and O–H groups in total. The van der Waals surface area contributed by atoms with E-state index in [0.29, 0.717) is 28.4 Å². The van der Waals surface area contributed by atoms with Crippen molar-refractivity contribution in [2.24, 2.45) is 0 Å². The molecule has 0 amide bonds. The Hall–Kier alpha value is -6.35. The van der Waals surface area contributed by atoms with Gasteiger partial charge in [0.05, 0.1) is 28.2 Å². The van der Waals surface area contributed by atoms with E-state index in [9.17, 15) is 5.26 Å². The fraction of sp³-hybridized carbons (Fsp3) is 0.0227. The molecule has 4 aromatic heterocycles. The van der Waals surface area contributed by atoms with Crippen molar-refractivity contribution in [2.45, 2.75) is 0 Å². The molecule has 1 aliphatic rings. The summed E-state index contributed by atoms with van der Waals surface area (Å²) in [6.45, 7) is -0.780. The molecule has 0 aliphatic carbocycles. The maximum absolute atomic E-state index is 10.3. The molecule has 8 heteroatoms. The van der Waals surface area contributed by atoms with Crippen LogP contribution in [0.4, 0.5) is 17.1 Å². The Kier molecular flexibility index (Phi) is 5.97. The van der Waals surface area contributed by atoms with Crippen LogP contribution in [0.15, 0.2) is 128 Å². The van der Waals surface area contributed by atoms with Crippen molar-refractivity contribution in [1.29, 1.82) is 5.26 Å². The van der Waals surface area contributed by atoms with Crippen molar-refractivity contribution in [3.63, 3.8) is 0 Å². The first-order valence-electron chi connectivity index (χ1n) is 18.0. The molecule has 0 atom stereocenters. The predicted octanol–water partition coefficient (Wildman–Crippen LogP) is 10.3. The number of benzene rings is 6. The molecular formula is C44H25N6OPt-3. The van der Waals surface area contributed by atoms with Crippen molar-refractivity contribution in [3.8, 4) is 17.6 Å². The minimum atomic E-state index is -2.36. The molecule has 6 aromatic carbocycles. The van der Waals surface area contributed by atoms with Crippen molar-refractivity contribution < 1.29 is 29.9 Å². The molecule has 0 fully saturated rings. The van der Waals surface area contributed by atoms with Gasteiger partial charge in [-0.25, -0.2) is 4.98 Å². The van der Waals surface area contributed by atoms with E-state index >= 15 is 0 Å². The van der Waals surface area contributed by atoms with Gasteiger partial charge >= 0.3 is 0 Å². The van der Waals surface area contributed by atoms with E-state index in [1.165, 1.54) is 4.90 Å². The van der Waals surface area contributed by atoms with E-state index in [1.807, 2.05) is 66.7 Å². The third-order valence-electron chi connectivity index (χ3n) is 9.94. The summed E-state index contributed by atoms with van der Waals surface area (Å²) in [6.07, 6.45) is 1.80. The average molecular weight is 852 g/mol. The van der Waals surface area contributed by atoms with Crippen LogP contribution in [0.5, 0.6) is 11.5 Å². The van der Waals surface area contributed by atoms with E-state index in [2.05, 4.69) is 75.5 Å². The maximum atomic E-state index is 10.3. The zero-order valence-corrected chi connectivity index (χ0v) is 29.4. The summed E-state index contributed by atoms with van der Waals surface area (Å²) in [5.41, 5.74) is 7.93. The van der Waals surface area contributed by atoms with Crippen LogP contribution in [0.2, 0.25) is 0 Å². The van der Waals surface area contributed by atoms with Gasteiger partial charge in [-0.15, -0.1) is 41.4 Å². The Labute approximate surface area is 316 Å². The van der Waals surface area contributed by atoms with E-state index in [0.717, 1.165) is 71.2 Å². The van der Waals surface area contributed by atoms with Gasteiger partial charge in [0.25, 0.3) is 0 Å². The topological polar surface area (TPSA) is 61.2 Å². The molecule has 5 heterocycles. The summed E-state index contributed by atoms with van der Waals surface area (Å²) in [6, 6.07) is 48.8. The molecule has 0 saturated heterocycles. The van der Waals surface area contributed by atoms with Crippen LogP contribution in [0.1, 0.15) is 9.68 Å². The Balaban J connectivity index is 0.00000372. The maximum Gasteiger partial charge on any atom is 0.160 e. The number of rotatable bonds is 3. The normalized spacial score (nSPS) is 13.9. The number of ether oxygens (including phenoxy) is 1. The average Bonchev–Trinajstić information content (AvgIpc) is 3.85. The van der Waals surface area contributed by atoms with Crippen molar-refractivity contribution in [3.05, 3.63) is 152 Å². The molecule has 250 valence electrons. The molecule has 1 aliphatic heterocycles. The van der Waals surface area contributed by atoms with Crippen LogP contribution in [0.25, 0.3) is 65.5 Å².